The zero-order valence-corrected chi connectivity index (χ0v) is 16.7. The molecule has 4 rings (SSSR count). The fourth-order valence-corrected chi connectivity index (χ4v) is 4.81. The third kappa shape index (κ3) is 4.37. The van der Waals surface area contributed by atoms with E-state index in [1.807, 2.05) is 16.8 Å². The van der Waals surface area contributed by atoms with E-state index >= 15 is 0 Å². The van der Waals surface area contributed by atoms with Crippen molar-refractivity contribution < 1.29 is 14.0 Å². The highest BCUT2D eigenvalue weighted by atomic mass is 19.1. The Morgan fingerprint density at radius 3 is 2.68 bits per heavy atom. The summed E-state index contributed by atoms with van der Waals surface area (Å²) in [6, 6.07) is 6.89. The molecule has 1 aromatic rings. The van der Waals surface area contributed by atoms with Crippen LogP contribution in [0.1, 0.15) is 44.1 Å². The Balaban J connectivity index is 1.34. The fraction of sp³-hybridized carbons (Fsp3) is 0.636. The van der Waals surface area contributed by atoms with Gasteiger partial charge >= 0.3 is 0 Å². The number of likely N-dealkylation sites (N-methyl/N-ethyl adjacent to an activating group) is 1. The van der Waals surface area contributed by atoms with Crippen LogP contribution in [0.3, 0.4) is 0 Å². The van der Waals surface area contributed by atoms with Gasteiger partial charge < -0.3 is 9.80 Å². The van der Waals surface area contributed by atoms with Gasteiger partial charge in [0.25, 0.3) is 0 Å². The van der Waals surface area contributed by atoms with Gasteiger partial charge in [0.05, 0.1) is 6.54 Å². The molecular formula is C22H30FN3O2. The highest BCUT2D eigenvalue weighted by Gasteiger charge is 2.46. The summed E-state index contributed by atoms with van der Waals surface area (Å²) < 4.78 is 13.1. The number of carbonyl (C=O) groups is 2. The summed E-state index contributed by atoms with van der Waals surface area (Å²) in [5.74, 6) is 0.210. The van der Waals surface area contributed by atoms with Crippen LogP contribution in [0, 0.1) is 11.2 Å². The SMILES string of the molecule is CN(CC(=O)N1CCC[C@]2(CCC(=O)N(C3CC3)C2)C1)Cc1ccc(F)cc1. The van der Waals surface area contributed by atoms with Crippen molar-refractivity contribution in [2.75, 3.05) is 33.2 Å². The van der Waals surface area contributed by atoms with Gasteiger partial charge in [-0.2, -0.15) is 0 Å². The van der Waals surface area contributed by atoms with Crippen molar-refractivity contribution in [2.24, 2.45) is 5.41 Å². The molecule has 2 heterocycles. The molecule has 2 amide bonds. The van der Waals surface area contributed by atoms with Gasteiger partial charge in [0.2, 0.25) is 11.8 Å². The molecule has 3 fully saturated rings. The summed E-state index contributed by atoms with van der Waals surface area (Å²) in [5, 5.41) is 0. The summed E-state index contributed by atoms with van der Waals surface area (Å²) in [4.78, 5) is 31.3. The van der Waals surface area contributed by atoms with Gasteiger partial charge in [0.1, 0.15) is 5.82 Å². The highest BCUT2D eigenvalue weighted by molar-refractivity contribution is 5.79. The fourth-order valence-electron chi connectivity index (χ4n) is 4.81. The Kier molecular flexibility index (Phi) is 5.41. The number of halogens is 1. The topological polar surface area (TPSA) is 43.9 Å². The predicted molar refractivity (Wildman–Crippen MR) is 105 cm³/mol. The van der Waals surface area contributed by atoms with E-state index in [4.69, 9.17) is 0 Å². The van der Waals surface area contributed by atoms with Crippen LogP contribution in [0.4, 0.5) is 4.39 Å². The zero-order chi connectivity index (χ0) is 19.7. The molecule has 0 N–H and O–H groups in total. The molecule has 0 bridgehead atoms. The number of nitrogens with zero attached hydrogens (tertiary/aromatic N) is 3. The van der Waals surface area contributed by atoms with E-state index in [0.717, 1.165) is 57.3 Å². The van der Waals surface area contributed by atoms with Gasteiger partial charge in [-0.3, -0.25) is 14.5 Å². The summed E-state index contributed by atoms with van der Waals surface area (Å²) in [7, 11) is 1.93. The third-order valence-electron chi connectivity index (χ3n) is 6.47. The van der Waals surface area contributed by atoms with Crippen molar-refractivity contribution in [3.8, 4) is 0 Å². The first-order chi connectivity index (χ1) is 13.4. The summed E-state index contributed by atoms with van der Waals surface area (Å²) in [5.41, 5.74) is 1.08. The van der Waals surface area contributed by atoms with E-state index in [9.17, 15) is 14.0 Å². The first-order valence-electron chi connectivity index (χ1n) is 10.4. The molecule has 0 aromatic heterocycles. The lowest BCUT2D eigenvalue weighted by atomic mass is 9.73. The minimum atomic E-state index is -0.243. The van der Waals surface area contributed by atoms with E-state index in [-0.39, 0.29) is 17.1 Å². The van der Waals surface area contributed by atoms with Crippen molar-refractivity contribution in [2.45, 2.75) is 51.1 Å². The van der Waals surface area contributed by atoms with E-state index in [0.29, 0.717) is 31.5 Å². The monoisotopic (exact) mass is 387 g/mol. The molecule has 5 nitrogen and oxygen atoms in total. The molecule has 0 unspecified atom stereocenters. The Hall–Kier alpha value is -1.95. The number of benzene rings is 1. The quantitative estimate of drug-likeness (QED) is 0.780. The molecule has 2 saturated heterocycles. The van der Waals surface area contributed by atoms with Crippen LogP contribution in [0.15, 0.2) is 24.3 Å². The average Bonchev–Trinajstić information content (AvgIpc) is 3.51. The second-order valence-electron chi connectivity index (χ2n) is 8.97. The lowest BCUT2D eigenvalue weighted by molar-refractivity contribution is -0.144. The summed E-state index contributed by atoms with van der Waals surface area (Å²) in [6.07, 6.45) is 5.93. The van der Waals surface area contributed by atoms with Gasteiger partial charge in [0, 0.05) is 44.1 Å². The van der Waals surface area contributed by atoms with E-state index in [1.165, 1.54) is 12.1 Å². The van der Waals surface area contributed by atoms with Gasteiger partial charge in [-0.15, -0.1) is 0 Å². The largest absolute Gasteiger partial charge is 0.341 e. The zero-order valence-electron chi connectivity index (χ0n) is 16.7. The molecule has 1 spiro atoms. The number of rotatable bonds is 5. The van der Waals surface area contributed by atoms with Crippen LogP contribution in [-0.4, -0.2) is 65.8 Å². The van der Waals surface area contributed by atoms with Crippen molar-refractivity contribution in [3.63, 3.8) is 0 Å². The maximum atomic E-state index is 13.1. The maximum absolute atomic E-state index is 13.1. The van der Waals surface area contributed by atoms with Crippen molar-refractivity contribution in [1.82, 2.24) is 14.7 Å². The first kappa shape index (κ1) is 19.4. The van der Waals surface area contributed by atoms with Crippen LogP contribution >= 0.6 is 0 Å². The van der Waals surface area contributed by atoms with Gasteiger partial charge in [-0.25, -0.2) is 4.39 Å². The first-order valence-corrected chi connectivity index (χ1v) is 10.4. The average molecular weight is 387 g/mol. The van der Waals surface area contributed by atoms with Crippen LogP contribution < -0.4 is 0 Å². The van der Waals surface area contributed by atoms with E-state index in [1.54, 1.807) is 12.1 Å². The number of likely N-dealkylation sites (tertiary alicyclic amines) is 2. The van der Waals surface area contributed by atoms with E-state index < -0.39 is 0 Å². The summed E-state index contributed by atoms with van der Waals surface area (Å²) >= 11 is 0. The second-order valence-corrected chi connectivity index (χ2v) is 8.97. The molecule has 1 aromatic carbocycles. The predicted octanol–water partition coefficient (Wildman–Crippen LogP) is 2.65. The molecule has 2 aliphatic heterocycles. The molecule has 28 heavy (non-hydrogen) atoms. The Morgan fingerprint density at radius 2 is 1.96 bits per heavy atom. The smallest absolute Gasteiger partial charge is 0.236 e. The lowest BCUT2D eigenvalue weighted by Crippen LogP contribution is -2.56. The number of piperidine rings is 2. The Labute approximate surface area is 166 Å². The molecule has 6 heteroatoms. The van der Waals surface area contributed by atoms with Crippen LogP contribution in [0.2, 0.25) is 0 Å². The molecular weight excluding hydrogens is 357 g/mol. The van der Waals surface area contributed by atoms with Gasteiger partial charge in [-0.05, 0) is 56.8 Å². The molecule has 152 valence electrons. The number of carbonyl (C=O) groups excluding carboxylic acids is 2. The minimum absolute atomic E-state index is 0.0833. The third-order valence-corrected chi connectivity index (χ3v) is 6.47. The number of hydrogen-bond acceptors (Lipinski definition) is 3. The van der Waals surface area contributed by atoms with E-state index in [2.05, 4.69) is 4.90 Å². The number of hydrogen-bond donors (Lipinski definition) is 0. The normalized spacial score (nSPS) is 25.6. The van der Waals surface area contributed by atoms with Crippen molar-refractivity contribution in [3.05, 3.63) is 35.6 Å². The second kappa shape index (κ2) is 7.82. The Bertz CT molecular complexity index is 734. The highest BCUT2D eigenvalue weighted by Crippen LogP contribution is 2.42. The molecule has 3 aliphatic rings. The Morgan fingerprint density at radius 1 is 1.21 bits per heavy atom. The van der Waals surface area contributed by atoms with Crippen LogP contribution in [0.25, 0.3) is 0 Å². The van der Waals surface area contributed by atoms with Gasteiger partial charge in [-0.1, -0.05) is 12.1 Å². The van der Waals surface area contributed by atoms with Gasteiger partial charge in [0.15, 0.2) is 0 Å². The standard InChI is InChI=1S/C22H30FN3O2/c1-24(13-17-3-5-18(23)6-4-17)14-21(28)25-12-2-10-22(15-25)11-9-20(27)26(16-22)19-7-8-19/h3-6,19H,2,7-16H2,1H3/t22-/m0/s1. The molecule has 1 saturated carbocycles. The van der Waals surface area contributed by atoms with Crippen LogP contribution in [0.5, 0.6) is 0 Å². The van der Waals surface area contributed by atoms with Crippen molar-refractivity contribution >= 4 is 11.8 Å². The molecule has 1 atom stereocenters. The summed E-state index contributed by atoms with van der Waals surface area (Å²) in [6.45, 7) is 3.38. The maximum Gasteiger partial charge on any atom is 0.236 e. The lowest BCUT2D eigenvalue weighted by Gasteiger charge is -2.48. The number of amides is 2. The van der Waals surface area contributed by atoms with Crippen molar-refractivity contribution in [1.29, 1.82) is 0 Å². The molecule has 0 radical (unpaired) electrons. The minimum Gasteiger partial charge on any atom is -0.341 e. The van der Waals surface area contributed by atoms with Crippen LogP contribution in [-0.2, 0) is 16.1 Å². The molecule has 1 aliphatic carbocycles.